The number of benzene rings is 1. The van der Waals surface area contributed by atoms with E-state index < -0.39 is 11.8 Å². The summed E-state index contributed by atoms with van der Waals surface area (Å²) < 4.78 is 10.5. The number of piperidine rings is 1. The van der Waals surface area contributed by atoms with Gasteiger partial charge in [-0.2, -0.15) is 0 Å². The van der Waals surface area contributed by atoms with E-state index in [0.717, 1.165) is 38.2 Å². The minimum atomic E-state index is -0.684. The van der Waals surface area contributed by atoms with Crippen molar-refractivity contribution in [3.8, 4) is 11.5 Å². The molecule has 0 radical (unpaired) electrons. The molecule has 1 saturated heterocycles. The average molecular weight is 396 g/mol. The molecule has 0 bridgehead atoms. The highest BCUT2D eigenvalue weighted by Gasteiger charge is 2.22. The topological polar surface area (TPSA) is 92.8 Å². The van der Waals surface area contributed by atoms with Gasteiger partial charge in [-0.1, -0.05) is 6.07 Å². The number of anilines is 1. The molecule has 0 aliphatic carbocycles. The fourth-order valence-corrected chi connectivity index (χ4v) is 3.55. The normalized spacial score (nSPS) is 16.4. The summed E-state index contributed by atoms with van der Waals surface area (Å²) in [7, 11) is 0. The number of carbonyl (C=O) groups is 2. The van der Waals surface area contributed by atoms with Crippen LogP contribution in [0.1, 0.15) is 18.5 Å². The number of nitrogens with zero attached hydrogens (tertiary/aromatic N) is 2. The van der Waals surface area contributed by atoms with E-state index in [4.69, 9.17) is 9.47 Å². The molecule has 29 heavy (non-hydrogen) atoms. The van der Waals surface area contributed by atoms with Crippen LogP contribution in [0, 0.1) is 5.92 Å². The van der Waals surface area contributed by atoms with Crippen LogP contribution < -0.4 is 20.1 Å². The largest absolute Gasteiger partial charge is 0.454 e. The summed E-state index contributed by atoms with van der Waals surface area (Å²) in [6.45, 7) is 3.43. The predicted octanol–water partition coefficient (Wildman–Crippen LogP) is 1.78. The van der Waals surface area contributed by atoms with Crippen LogP contribution in [0.15, 0.2) is 42.6 Å². The number of hydrogen-bond acceptors (Lipinski definition) is 6. The number of nitrogens with one attached hydrogen (secondary N) is 2. The Balaban J connectivity index is 1.18. The van der Waals surface area contributed by atoms with Gasteiger partial charge in [0.25, 0.3) is 0 Å². The summed E-state index contributed by atoms with van der Waals surface area (Å²) in [6.07, 6.45) is 3.78. The van der Waals surface area contributed by atoms with Gasteiger partial charge in [0.2, 0.25) is 6.79 Å². The molecule has 8 heteroatoms. The monoisotopic (exact) mass is 396 g/mol. The number of pyridine rings is 1. The van der Waals surface area contributed by atoms with Gasteiger partial charge in [-0.15, -0.1) is 0 Å². The molecule has 2 aromatic rings. The zero-order valence-electron chi connectivity index (χ0n) is 16.1. The first kappa shape index (κ1) is 19.2. The van der Waals surface area contributed by atoms with Gasteiger partial charge in [0, 0.05) is 31.0 Å². The van der Waals surface area contributed by atoms with Crippen LogP contribution in [-0.4, -0.2) is 48.1 Å². The lowest BCUT2D eigenvalue weighted by molar-refractivity contribution is -0.136. The standard InChI is InChI=1S/C21H24N4O4/c26-20(21(27)24-16-4-5-18-19(11-16)29-14-28-18)23-12-15-6-9-25(10-7-15)13-17-3-1-2-8-22-17/h1-5,8,11,15H,6-7,9-10,12-14H2,(H,23,26)(H,24,27). The van der Waals surface area contributed by atoms with Gasteiger partial charge < -0.3 is 20.1 Å². The van der Waals surface area contributed by atoms with E-state index in [2.05, 4.69) is 20.5 Å². The van der Waals surface area contributed by atoms with Crippen LogP contribution in [0.4, 0.5) is 5.69 Å². The van der Waals surface area contributed by atoms with E-state index in [1.54, 1.807) is 18.2 Å². The van der Waals surface area contributed by atoms with E-state index in [1.165, 1.54) is 0 Å². The molecule has 1 aromatic heterocycles. The maximum Gasteiger partial charge on any atom is 0.313 e. The zero-order chi connectivity index (χ0) is 20.1. The molecule has 0 saturated carbocycles. The van der Waals surface area contributed by atoms with Gasteiger partial charge in [-0.3, -0.25) is 19.5 Å². The first-order valence-electron chi connectivity index (χ1n) is 9.78. The maximum atomic E-state index is 12.1. The van der Waals surface area contributed by atoms with Crippen molar-refractivity contribution in [1.82, 2.24) is 15.2 Å². The molecule has 2 aliphatic heterocycles. The Morgan fingerprint density at radius 3 is 2.69 bits per heavy atom. The minimum absolute atomic E-state index is 0.161. The summed E-state index contributed by atoms with van der Waals surface area (Å²) in [5, 5.41) is 5.34. The zero-order valence-corrected chi connectivity index (χ0v) is 16.1. The van der Waals surface area contributed by atoms with Crippen LogP contribution >= 0.6 is 0 Å². The Morgan fingerprint density at radius 1 is 1.07 bits per heavy atom. The summed E-state index contributed by atoms with van der Waals surface area (Å²) in [6, 6.07) is 11.0. The van der Waals surface area contributed by atoms with E-state index in [9.17, 15) is 9.59 Å². The first-order valence-corrected chi connectivity index (χ1v) is 9.78. The van der Waals surface area contributed by atoms with Crippen LogP contribution in [0.5, 0.6) is 11.5 Å². The average Bonchev–Trinajstić information content (AvgIpc) is 3.21. The maximum absolute atomic E-state index is 12.1. The SMILES string of the molecule is O=C(NCC1CCN(Cc2ccccn2)CC1)C(=O)Nc1ccc2c(c1)OCO2. The molecular formula is C21H24N4O4. The smallest absolute Gasteiger partial charge is 0.313 e. The van der Waals surface area contributed by atoms with Crippen molar-refractivity contribution in [3.05, 3.63) is 48.3 Å². The van der Waals surface area contributed by atoms with Crippen LogP contribution in [0.2, 0.25) is 0 Å². The molecule has 0 unspecified atom stereocenters. The van der Waals surface area contributed by atoms with Crippen LogP contribution in [0.25, 0.3) is 0 Å². The molecule has 0 spiro atoms. The number of ether oxygens (including phenoxy) is 2. The highest BCUT2D eigenvalue weighted by atomic mass is 16.7. The Morgan fingerprint density at radius 2 is 1.90 bits per heavy atom. The highest BCUT2D eigenvalue weighted by Crippen LogP contribution is 2.34. The van der Waals surface area contributed by atoms with Gasteiger partial charge in [-0.05, 0) is 56.1 Å². The minimum Gasteiger partial charge on any atom is -0.454 e. The Hall–Kier alpha value is -3.13. The summed E-state index contributed by atoms with van der Waals surface area (Å²) in [5.74, 6) is 0.245. The number of carbonyl (C=O) groups excluding carboxylic acids is 2. The molecule has 1 fully saturated rings. The number of hydrogen-bond donors (Lipinski definition) is 2. The third-order valence-corrected chi connectivity index (χ3v) is 5.21. The molecule has 3 heterocycles. The van der Waals surface area contributed by atoms with E-state index in [0.29, 0.717) is 29.6 Å². The van der Waals surface area contributed by atoms with Crippen molar-refractivity contribution in [3.63, 3.8) is 0 Å². The molecule has 4 rings (SSSR count). The van der Waals surface area contributed by atoms with E-state index in [1.807, 2.05) is 24.4 Å². The second-order valence-electron chi connectivity index (χ2n) is 7.27. The van der Waals surface area contributed by atoms with E-state index in [-0.39, 0.29) is 6.79 Å². The second kappa shape index (κ2) is 8.91. The third kappa shape index (κ3) is 5.03. The van der Waals surface area contributed by atoms with Crippen molar-refractivity contribution in [2.45, 2.75) is 19.4 Å². The van der Waals surface area contributed by atoms with Gasteiger partial charge in [-0.25, -0.2) is 0 Å². The second-order valence-corrected chi connectivity index (χ2v) is 7.27. The Bertz CT molecular complexity index is 866. The molecular weight excluding hydrogens is 372 g/mol. The first-order chi connectivity index (χ1) is 14.2. The number of amides is 2. The van der Waals surface area contributed by atoms with Crippen molar-refractivity contribution in [2.24, 2.45) is 5.92 Å². The lowest BCUT2D eigenvalue weighted by atomic mass is 9.96. The van der Waals surface area contributed by atoms with Crippen molar-refractivity contribution >= 4 is 17.5 Å². The molecule has 1 aromatic carbocycles. The van der Waals surface area contributed by atoms with Gasteiger partial charge in [0.05, 0.1) is 5.69 Å². The fourth-order valence-electron chi connectivity index (χ4n) is 3.55. The molecule has 152 valence electrons. The fraction of sp³-hybridized carbons (Fsp3) is 0.381. The van der Waals surface area contributed by atoms with Crippen molar-refractivity contribution < 1.29 is 19.1 Å². The molecule has 2 amide bonds. The summed E-state index contributed by atoms with van der Waals surface area (Å²) in [4.78, 5) is 31.0. The van der Waals surface area contributed by atoms with Gasteiger partial charge in [0.1, 0.15) is 0 Å². The molecule has 8 nitrogen and oxygen atoms in total. The van der Waals surface area contributed by atoms with Gasteiger partial charge >= 0.3 is 11.8 Å². The summed E-state index contributed by atoms with van der Waals surface area (Å²) in [5.41, 5.74) is 1.57. The molecule has 0 atom stereocenters. The van der Waals surface area contributed by atoms with Gasteiger partial charge in [0.15, 0.2) is 11.5 Å². The Labute approximate surface area is 169 Å². The van der Waals surface area contributed by atoms with Crippen LogP contribution in [0.3, 0.4) is 0 Å². The van der Waals surface area contributed by atoms with E-state index >= 15 is 0 Å². The quantitative estimate of drug-likeness (QED) is 0.749. The number of aromatic nitrogens is 1. The van der Waals surface area contributed by atoms with Crippen LogP contribution in [-0.2, 0) is 16.1 Å². The number of rotatable bonds is 5. The lowest BCUT2D eigenvalue weighted by Crippen LogP contribution is -2.41. The van der Waals surface area contributed by atoms with Crippen molar-refractivity contribution in [2.75, 3.05) is 31.7 Å². The van der Waals surface area contributed by atoms with Crippen molar-refractivity contribution in [1.29, 1.82) is 0 Å². The predicted molar refractivity (Wildman–Crippen MR) is 106 cm³/mol. The third-order valence-electron chi connectivity index (χ3n) is 5.21. The number of likely N-dealkylation sites (tertiary alicyclic amines) is 1. The molecule has 2 aliphatic rings. The Kier molecular flexibility index (Phi) is 5.90. The highest BCUT2D eigenvalue weighted by molar-refractivity contribution is 6.39. The summed E-state index contributed by atoms with van der Waals surface area (Å²) >= 11 is 0. The molecule has 2 N–H and O–H groups in total. The number of fused-ring (bicyclic) bond motifs is 1. The lowest BCUT2D eigenvalue weighted by Gasteiger charge is -2.31.